The average Bonchev–Trinajstić information content (AvgIpc) is 2.87. The molecule has 0 radical (unpaired) electrons. The Kier molecular flexibility index (Phi) is 10.4. The highest BCUT2D eigenvalue weighted by molar-refractivity contribution is 8.00. The molecule has 2 aliphatic rings. The topological polar surface area (TPSA) is 79.0 Å². The first-order chi connectivity index (χ1) is 20.2. The molecule has 0 spiro atoms. The van der Waals surface area contributed by atoms with Gasteiger partial charge in [-0.25, -0.2) is 4.79 Å². The number of fused-ring (bicyclic) bond motifs is 1. The summed E-state index contributed by atoms with van der Waals surface area (Å²) in [6.45, 7) is 34.5. The molecular weight excluding hydrogens is 631 g/mol. The second kappa shape index (κ2) is 12.4. The predicted molar refractivity (Wildman–Crippen MR) is 196 cm³/mol. The Morgan fingerprint density at radius 3 is 1.91 bits per heavy atom. The first kappa shape index (κ1) is 37.8. The van der Waals surface area contributed by atoms with E-state index in [2.05, 4.69) is 93.5 Å². The maximum atomic E-state index is 15.2. The number of β-lactam (4-membered cyclic amide) rings is 1. The van der Waals surface area contributed by atoms with Gasteiger partial charge in [0.25, 0.3) is 14.2 Å². The number of hydrogen-bond donors (Lipinski definition) is 1. The van der Waals surface area contributed by atoms with Crippen LogP contribution < -0.4 is 4.98 Å². The van der Waals surface area contributed by atoms with Crippen LogP contribution in [0.5, 0.6) is 0 Å². The van der Waals surface area contributed by atoms with Gasteiger partial charge in [0.1, 0.15) is 31.4 Å². The molecule has 7 nitrogen and oxygen atoms in total. The summed E-state index contributed by atoms with van der Waals surface area (Å²) in [5, 5.41) is -0.718. The number of nitrogens with zero attached hydrogens (tertiary/aromatic N) is 2. The molecule has 1 N–H and O–H groups in total. The zero-order valence-corrected chi connectivity index (χ0v) is 34.6. The predicted octanol–water partition coefficient (Wildman–Crippen LogP) is 8.26. The summed E-state index contributed by atoms with van der Waals surface area (Å²) >= 11 is 1.64. The van der Waals surface area contributed by atoms with Crippen LogP contribution >= 0.6 is 11.8 Å². The van der Waals surface area contributed by atoms with Gasteiger partial charge in [-0.05, 0) is 46.3 Å². The average molecular weight is 690 g/mol. The van der Waals surface area contributed by atoms with Crippen molar-refractivity contribution in [3.8, 4) is 0 Å². The van der Waals surface area contributed by atoms with Crippen molar-refractivity contribution in [2.45, 2.75) is 141 Å². The van der Waals surface area contributed by atoms with Gasteiger partial charge in [0, 0.05) is 5.75 Å². The lowest BCUT2D eigenvalue weighted by molar-refractivity contribution is -0.156. The van der Waals surface area contributed by atoms with E-state index in [-0.39, 0.29) is 32.3 Å². The van der Waals surface area contributed by atoms with E-state index in [1.165, 1.54) is 0 Å². The summed E-state index contributed by atoms with van der Waals surface area (Å²) in [5.74, 6) is -0.0430. The smallest absolute Gasteiger partial charge is 0.341 e. The van der Waals surface area contributed by atoms with Crippen molar-refractivity contribution in [1.29, 1.82) is 0 Å². The number of amides is 2. The molecule has 2 aliphatic heterocycles. The summed E-state index contributed by atoms with van der Waals surface area (Å²) in [6, 6.07) is 8.70. The molecule has 0 aliphatic carbocycles. The van der Waals surface area contributed by atoms with Crippen molar-refractivity contribution in [3.63, 3.8) is 0 Å². The van der Waals surface area contributed by atoms with Crippen molar-refractivity contribution in [3.05, 3.63) is 47.2 Å². The largest absolute Gasteiger partial charge is 0.515 e. The number of rotatable bonds is 8. The molecule has 252 valence electrons. The van der Waals surface area contributed by atoms with Crippen molar-refractivity contribution in [2.24, 2.45) is 0 Å². The lowest BCUT2D eigenvalue weighted by Gasteiger charge is -2.59. The van der Waals surface area contributed by atoms with E-state index in [1.54, 1.807) is 16.7 Å². The van der Waals surface area contributed by atoms with Crippen LogP contribution in [-0.2, 0) is 18.8 Å². The molecule has 3 unspecified atom stereocenters. The molecule has 1 fully saturated rings. The summed E-state index contributed by atoms with van der Waals surface area (Å²) < 4.78 is 8.22. The Morgan fingerprint density at radius 2 is 1.44 bits per heavy atom. The Balaban J connectivity index is 2.12. The molecule has 2 heterocycles. The first-order valence-corrected chi connectivity index (χ1v) is 26.1. The van der Waals surface area contributed by atoms with Crippen molar-refractivity contribution in [2.75, 3.05) is 5.75 Å². The van der Waals surface area contributed by atoms with Crippen LogP contribution in [0.4, 0.5) is 0 Å². The summed E-state index contributed by atoms with van der Waals surface area (Å²) in [7, 11) is -7.21. The number of carbonyl (C=O) groups excluding carboxylic acids is 3. The Hall–Kier alpha value is -1.67. The van der Waals surface area contributed by atoms with E-state index in [9.17, 15) is 9.59 Å². The van der Waals surface area contributed by atoms with Gasteiger partial charge in [0.2, 0.25) is 5.91 Å². The van der Waals surface area contributed by atoms with Gasteiger partial charge in [-0.1, -0.05) is 119 Å². The molecular formula is C34H59N3O4SSi3. The van der Waals surface area contributed by atoms with Crippen LogP contribution in [0.25, 0.3) is 0 Å². The van der Waals surface area contributed by atoms with Crippen LogP contribution in [0, 0.1) is 0 Å². The molecule has 1 saturated heterocycles. The highest BCUT2D eigenvalue weighted by Gasteiger charge is 2.62. The van der Waals surface area contributed by atoms with Crippen LogP contribution in [0.15, 0.2) is 41.6 Å². The van der Waals surface area contributed by atoms with Crippen molar-refractivity contribution >= 4 is 54.3 Å². The van der Waals surface area contributed by atoms with E-state index in [1.807, 2.05) is 54.9 Å². The molecule has 0 aromatic heterocycles. The minimum atomic E-state index is -2.62. The molecule has 45 heavy (non-hydrogen) atoms. The van der Waals surface area contributed by atoms with E-state index >= 15 is 4.79 Å². The van der Waals surface area contributed by atoms with Crippen LogP contribution in [0.2, 0.25) is 54.4 Å². The van der Waals surface area contributed by atoms with Gasteiger partial charge in [0.15, 0.2) is 8.24 Å². The Morgan fingerprint density at radius 1 is 0.911 bits per heavy atom. The monoisotopic (exact) mass is 689 g/mol. The van der Waals surface area contributed by atoms with E-state index < -0.39 is 42.8 Å². The van der Waals surface area contributed by atoms with Gasteiger partial charge in [0.05, 0.1) is 0 Å². The summed E-state index contributed by atoms with van der Waals surface area (Å²) in [5.41, 5.74) is 2.12. The zero-order chi connectivity index (χ0) is 34.7. The summed E-state index contributed by atoms with van der Waals surface area (Å²) in [4.78, 5) is 49.0. The Labute approximate surface area is 280 Å². The van der Waals surface area contributed by atoms with Crippen molar-refractivity contribution in [1.82, 2.24) is 14.4 Å². The van der Waals surface area contributed by atoms with Gasteiger partial charge in [-0.15, -0.1) is 11.8 Å². The number of hydrogen-bond acceptors (Lipinski definition) is 6. The van der Waals surface area contributed by atoms with Gasteiger partial charge < -0.3 is 14.0 Å². The minimum Gasteiger partial charge on any atom is -0.515 e. The molecule has 3 rings (SSSR count). The van der Waals surface area contributed by atoms with Gasteiger partial charge in [-0.2, -0.15) is 0 Å². The third kappa shape index (κ3) is 7.12. The fraction of sp³-hybridized carbons (Fsp3) is 0.676. The second-order valence-corrected chi connectivity index (χ2v) is 33.5. The maximum absolute atomic E-state index is 15.2. The number of nitrogens with one attached hydrogen (secondary N) is 1. The highest BCUT2D eigenvalue weighted by Crippen LogP contribution is 2.49. The fourth-order valence-electron chi connectivity index (χ4n) is 5.05. The van der Waals surface area contributed by atoms with Gasteiger partial charge in [-0.3, -0.25) is 14.5 Å². The molecule has 1 aromatic carbocycles. The minimum absolute atomic E-state index is 0.00778. The van der Waals surface area contributed by atoms with Crippen LogP contribution in [-0.4, -0.2) is 69.2 Å². The molecule has 3 atom stereocenters. The Bertz CT molecular complexity index is 1340. The number of benzene rings is 1. The normalized spacial score (nSPS) is 20.8. The first-order valence-electron chi connectivity index (χ1n) is 16.2. The standard InChI is InChI=1S/C34H59N3O4SSi3/c1-23-22-42-30-27(29(39)36(30)26(23)31(40)41-45(15,16)34(8,9)10)37(44(13,14)33(5,6)7)28(38)25(24-20-18-17-19-21-24)35-43(11,12)32(2,3)4/h17-21,25,27,30,35H,22H2,1-16H3. The van der Waals surface area contributed by atoms with Crippen molar-refractivity contribution < 1.29 is 18.8 Å². The lowest BCUT2D eigenvalue weighted by Crippen LogP contribution is -2.77. The molecule has 1 aromatic rings. The third-order valence-corrected chi connectivity index (χ3v) is 27.0. The molecule has 11 heteroatoms. The molecule has 0 bridgehead atoms. The zero-order valence-electron chi connectivity index (χ0n) is 30.8. The highest BCUT2D eigenvalue weighted by atomic mass is 32.2. The molecule has 2 amide bonds. The summed E-state index contributed by atoms with van der Waals surface area (Å²) in [6.07, 6.45) is 0. The number of carbonyl (C=O) groups is 3. The number of thioether (sulfide) groups is 1. The quantitative estimate of drug-likeness (QED) is 0.219. The van der Waals surface area contributed by atoms with Gasteiger partial charge >= 0.3 is 5.97 Å². The maximum Gasteiger partial charge on any atom is 0.341 e. The fourth-order valence-corrected chi connectivity index (χ4v) is 11.2. The lowest BCUT2D eigenvalue weighted by atomic mass is 10.0. The molecule has 0 saturated carbocycles. The SMILES string of the molecule is CC1=C(C(=O)O[Si](C)(C)C(C)(C)C)N2C(=O)C(N(C(=O)C(N[Si](C)(C)C(C)(C)C)c3ccccc3)[Si](C)(C)C(C)(C)C)C2SC1. The van der Waals surface area contributed by atoms with Crippen LogP contribution in [0.3, 0.4) is 0 Å². The second-order valence-electron chi connectivity index (χ2n) is 17.5. The third-order valence-electron chi connectivity index (χ3n) is 11.2. The van der Waals surface area contributed by atoms with E-state index in [4.69, 9.17) is 4.43 Å². The van der Waals surface area contributed by atoms with E-state index in [0.717, 1.165) is 11.1 Å². The van der Waals surface area contributed by atoms with Crippen LogP contribution in [0.1, 0.15) is 80.8 Å². The van der Waals surface area contributed by atoms with E-state index in [0.29, 0.717) is 11.4 Å².